The van der Waals surface area contributed by atoms with E-state index in [1.54, 1.807) is 0 Å². The SMILES string of the molecule is CCC(CNC)c1ccc2[nH]cc(C)c2c1. The number of hydrogen-bond donors (Lipinski definition) is 2. The Kier molecular flexibility index (Phi) is 3.30. The standard InChI is InChI=1S/C14H20N2/c1-4-11(9-15-3)12-5-6-14-13(7-12)10(2)8-16-14/h5-8,11,15-16H,4,9H2,1-3H3. The number of nitrogens with one attached hydrogen (secondary N) is 2. The average Bonchev–Trinajstić information content (AvgIpc) is 2.68. The summed E-state index contributed by atoms with van der Waals surface area (Å²) in [6, 6.07) is 6.76. The number of aryl methyl sites for hydroxylation is 1. The largest absolute Gasteiger partial charge is 0.361 e. The zero-order valence-electron chi connectivity index (χ0n) is 10.3. The number of rotatable bonds is 4. The lowest BCUT2D eigenvalue weighted by molar-refractivity contribution is 0.612. The molecular weight excluding hydrogens is 196 g/mol. The Balaban J connectivity index is 2.40. The Hall–Kier alpha value is -1.28. The molecule has 2 nitrogen and oxygen atoms in total. The third-order valence-electron chi connectivity index (χ3n) is 3.33. The van der Waals surface area contributed by atoms with Crippen molar-refractivity contribution in [1.82, 2.24) is 10.3 Å². The zero-order valence-corrected chi connectivity index (χ0v) is 10.3. The summed E-state index contributed by atoms with van der Waals surface area (Å²) in [6.45, 7) is 5.45. The second-order valence-electron chi connectivity index (χ2n) is 4.44. The number of benzene rings is 1. The summed E-state index contributed by atoms with van der Waals surface area (Å²) in [4.78, 5) is 3.29. The van der Waals surface area contributed by atoms with Gasteiger partial charge in [-0.25, -0.2) is 0 Å². The summed E-state index contributed by atoms with van der Waals surface area (Å²) in [7, 11) is 2.02. The molecule has 1 unspecified atom stereocenters. The van der Waals surface area contributed by atoms with E-state index in [0.29, 0.717) is 5.92 Å². The highest BCUT2D eigenvalue weighted by atomic mass is 14.8. The van der Waals surface area contributed by atoms with Gasteiger partial charge >= 0.3 is 0 Å². The molecule has 2 N–H and O–H groups in total. The second kappa shape index (κ2) is 4.71. The fourth-order valence-electron chi connectivity index (χ4n) is 2.28. The lowest BCUT2D eigenvalue weighted by Gasteiger charge is -2.14. The van der Waals surface area contributed by atoms with Crippen LogP contribution in [0.3, 0.4) is 0 Å². The van der Waals surface area contributed by atoms with Crippen LogP contribution in [0.4, 0.5) is 0 Å². The van der Waals surface area contributed by atoms with Crippen LogP contribution in [0.15, 0.2) is 24.4 Å². The van der Waals surface area contributed by atoms with E-state index in [-0.39, 0.29) is 0 Å². The van der Waals surface area contributed by atoms with Crippen molar-refractivity contribution < 1.29 is 0 Å². The van der Waals surface area contributed by atoms with E-state index in [4.69, 9.17) is 0 Å². The second-order valence-corrected chi connectivity index (χ2v) is 4.44. The van der Waals surface area contributed by atoms with Crippen LogP contribution in [0.5, 0.6) is 0 Å². The molecule has 2 aromatic rings. The summed E-state index contributed by atoms with van der Waals surface area (Å²) >= 11 is 0. The van der Waals surface area contributed by atoms with Gasteiger partial charge in [-0.05, 0) is 49.6 Å². The van der Waals surface area contributed by atoms with Crippen LogP contribution >= 0.6 is 0 Å². The van der Waals surface area contributed by atoms with Crippen LogP contribution in [0, 0.1) is 6.92 Å². The van der Waals surface area contributed by atoms with Gasteiger partial charge in [0.2, 0.25) is 0 Å². The van der Waals surface area contributed by atoms with Crippen molar-refractivity contribution >= 4 is 10.9 Å². The van der Waals surface area contributed by atoms with E-state index in [1.165, 1.54) is 28.5 Å². The molecule has 0 saturated heterocycles. The highest BCUT2D eigenvalue weighted by Gasteiger charge is 2.09. The lowest BCUT2D eigenvalue weighted by Crippen LogP contribution is -2.16. The highest BCUT2D eigenvalue weighted by Crippen LogP contribution is 2.25. The highest BCUT2D eigenvalue weighted by molar-refractivity contribution is 5.83. The predicted octanol–water partition coefficient (Wildman–Crippen LogP) is 3.19. The molecule has 2 rings (SSSR count). The molecule has 0 fully saturated rings. The van der Waals surface area contributed by atoms with Crippen LogP contribution in [0.2, 0.25) is 0 Å². The van der Waals surface area contributed by atoms with Gasteiger partial charge in [0.15, 0.2) is 0 Å². The number of hydrogen-bond acceptors (Lipinski definition) is 1. The quantitative estimate of drug-likeness (QED) is 0.807. The first kappa shape index (κ1) is 11.2. The van der Waals surface area contributed by atoms with Gasteiger partial charge in [-0.3, -0.25) is 0 Å². The average molecular weight is 216 g/mol. The summed E-state index contributed by atoms with van der Waals surface area (Å²) in [5.74, 6) is 0.615. The van der Waals surface area contributed by atoms with Gasteiger partial charge in [0.25, 0.3) is 0 Å². The summed E-state index contributed by atoms with van der Waals surface area (Å²) in [5, 5.41) is 4.62. The molecule has 0 amide bonds. The third kappa shape index (κ3) is 1.98. The Bertz CT molecular complexity index is 471. The van der Waals surface area contributed by atoms with E-state index in [0.717, 1.165) is 6.54 Å². The minimum absolute atomic E-state index is 0.615. The van der Waals surface area contributed by atoms with Gasteiger partial charge in [0, 0.05) is 23.6 Å². The van der Waals surface area contributed by atoms with E-state index in [2.05, 4.69) is 48.5 Å². The van der Waals surface area contributed by atoms with Crippen LogP contribution in [0.25, 0.3) is 10.9 Å². The first-order valence-electron chi connectivity index (χ1n) is 5.98. The minimum Gasteiger partial charge on any atom is -0.361 e. The predicted molar refractivity (Wildman–Crippen MR) is 70.0 cm³/mol. The van der Waals surface area contributed by atoms with E-state index in [9.17, 15) is 0 Å². The maximum atomic E-state index is 3.29. The van der Waals surface area contributed by atoms with E-state index >= 15 is 0 Å². The monoisotopic (exact) mass is 216 g/mol. The van der Waals surface area contributed by atoms with Gasteiger partial charge in [-0.2, -0.15) is 0 Å². The van der Waals surface area contributed by atoms with Crippen molar-refractivity contribution in [2.24, 2.45) is 0 Å². The molecule has 0 bridgehead atoms. The van der Waals surface area contributed by atoms with Gasteiger partial charge < -0.3 is 10.3 Å². The summed E-state index contributed by atoms with van der Waals surface area (Å²) < 4.78 is 0. The van der Waals surface area contributed by atoms with Crippen molar-refractivity contribution in [1.29, 1.82) is 0 Å². The van der Waals surface area contributed by atoms with Crippen LogP contribution in [-0.4, -0.2) is 18.6 Å². The molecule has 0 aliphatic heterocycles. The number of aromatic amines is 1. The van der Waals surface area contributed by atoms with E-state index < -0.39 is 0 Å². The minimum atomic E-state index is 0.615. The first-order chi connectivity index (χ1) is 7.76. The number of fused-ring (bicyclic) bond motifs is 1. The molecule has 0 aliphatic rings. The maximum Gasteiger partial charge on any atom is 0.0456 e. The van der Waals surface area contributed by atoms with Crippen molar-refractivity contribution in [3.8, 4) is 0 Å². The molecule has 1 heterocycles. The molecule has 1 aromatic carbocycles. The molecule has 86 valence electrons. The number of H-pyrrole nitrogens is 1. The smallest absolute Gasteiger partial charge is 0.0456 e. The molecule has 0 radical (unpaired) electrons. The van der Waals surface area contributed by atoms with Crippen LogP contribution in [0.1, 0.15) is 30.4 Å². The topological polar surface area (TPSA) is 27.8 Å². The Morgan fingerprint density at radius 1 is 1.38 bits per heavy atom. The van der Waals surface area contributed by atoms with Gasteiger partial charge in [-0.15, -0.1) is 0 Å². The summed E-state index contributed by atoms with van der Waals surface area (Å²) in [6.07, 6.45) is 3.25. The molecule has 1 aromatic heterocycles. The Labute approximate surface area is 97.1 Å². The van der Waals surface area contributed by atoms with Crippen LogP contribution < -0.4 is 5.32 Å². The molecule has 1 atom stereocenters. The molecular formula is C14H20N2. The third-order valence-corrected chi connectivity index (χ3v) is 3.33. The Morgan fingerprint density at radius 3 is 2.88 bits per heavy atom. The lowest BCUT2D eigenvalue weighted by atomic mass is 9.95. The normalized spacial score (nSPS) is 13.2. The molecule has 0 spiro atoms. The first-order valence-corrected chi connectivity index (χ1v) is 5.98. The molecule has 0 aliphatic carbocycles. The Morgan fingerprint density at radius 2 is 2.19 bits per heavy atom. The van der Waals surface area contributed by atoms with E-state index in [1.807, 2.05) is 7.05 Å². The van der Waals surface area contributed by atoms with Crippen LogP contribution in [-0.2, 0) is 0 Å². The number of likely N-dealkylation sites (N-methyl/N-ethyl adjacent to an activating group) is 1. The summed E-state index contributed by atoms with van der Waals surface area (Å²) in [5.41, 5.74) is 4.00. The van der Waals surface area contributed by atoms with Gasteiger partial charge in [0.1, 0.15) is 0 Å². The van der Waals surface area contributed by atoms with Gasteiger partial charge in [0.05, 0.1) is 0 Å². The van der Waals surface area contributed by atoms with Crippen molar-refractivity contribution in [3.63, 3.8) is 0 Å². The molecule has 0 saturated carbocycles. The van der Waals surface area contributed by atoms with Crippen molar-refractivity contribution in [2.45, 2.75) is 26.2 Å². The van der Waals surface area contributed by atoms with Crippen molar-refractivity contribution in [3.05, 3.63) is 35.5 Å². The fraction of sp³-hybridized carbons (Fsp3) is 0.429. The number of aromatic nitrogens is 1. The molecule has 2 heteroatoms. The van der Waals surface area contributed by atoms with Gasteiger partial charge in [-0.1, -0.05) is 13.0 Å². The molecule has 16 heavy (non-hydrogen) atoms. The zero-order chi connectivity index (χ0) is 11.5. The fourth-order valence-corrected chi connectivity index (χ4v) is 2.28. The maximum absolute atomic E-state index is 3.29. The van der Waals surface area contributed by atoms with Crippen molar-refractivity contribution in [2.75, 3.05) is 13.6 Å².